The first kappa shape index (κ1) is 38.0. The molecule has 0 aromatic heterocycles. The maximum atomic E-state index is 16.3. The zero-order valence-corrected chi connectivity index (χ0v) is 29.1. The Labute approximate surface area is 292 Å². The lowest BCUT2D eigenvalue weighted by Gasteiger charge is -2.43. The molecular weight excluding hydrogens is 707 g/mol. The van der Waals surface area contributed by atoms with E-state index in [1.165, 1.54) is 55.6 Å². The van der Waals surface area contributed by atoms with Crippen LogP contribution in [-0.2, 0) is 25.0 Å². The van der Waals surface area contributed by atoms with Gasteiger partial charge in [0.15, 0.2) is 5.75 Å². The van der Waals surface area contributed by atoms with Crippen LogP contribution in [0.4, 0.5) is 14.5 Å². The molecule has 0 bridgehead atoms. The van der Waals surface area contributed by atoms with E-state index < -0.39 is 80.6 Å². The highest BCUT2D eigenvalue weighted by atomic mass is 35.5. The van der Waals surface area contributed by atoms with Gasteiger partial charge < -0.3 is 25.6 Å². The summed E-state index contributed by atoms with van der Waals surface area (Å²) < 4.78 is 66.1. The zero-order chi connectivity index (χ0) is 36.5. The van der Waals surface area contributed by atoms with Gasteiger partial charge in [-0.1, -0.05) is 62.2 Å². The fourth-order valence-corrected chi connectivity index (χ4v) is 7.63. The Balaban J connectivity index is 2.02. The number of ether oxygens (including phenoxy) is 1. The van der Waals surface area contributed by atoms with Gasteiger partial charge in [0.1, 0.15) is 17.4 Å². The number of nitrogens with one attached hydrogen (secondary N) is 3. The van der Waals surface area contributed by atoms with Gasteiger partial charge in [-0.15, -0.1) is 0 Å². The number of carbonyl (C=O) groups excluding carboxylic acids is 1. The van der Waals surface area contributed by atoms with E-state index in [2.05, 4.69) is 15.4 Å². The SMILES string of the molecule is COc1cc(C(=O)O)ccc1NC(=O)[C@@H]1N[C@@H](CC(C)(C)C)[C@](CNS(=O)(=O)CC(=O)O)(c2ccc(Cl)cc2F)[C@H]1c1cccc(Cl)c1F. The molecule has 3 aromatic rings. The minimum atomic E-state index is -4.54. The largest absolute Gasteiger partial charge is 0.495 e. The Bertz CT molecular complexity index is 1890. The Hall–Kier alpha value is -3.82. The normalized spacial score (nSPS) is 20.9. The van der Waals surface area contributed by atoms with Crippen molar-refractivity contribution in [1.29, 1.82) is 0 Å². The van der Waals surface area contributed by atoms with Crippen molar-refractivity contribution in [2.24, 2.45) is 5.41 Å². The van der Waals surface area contributed by atoms with Crippen LogP contribution in [0.1, 0.15) is 54.6 Å². The van der Waals surface area contributed by atoms with Gasteiger partial charge in [-0.3, -0.25) is 9.59 Å². The molecule has 264 valence electrons. The summed E-state index contributed by atoms with van der Waals surface area (Å²) in [4.78, 5) is 37.3. The first-order valence-electron chi connectivity index (χ1n) is 14.9. The number of aliphatic carboxylic acids is 1. The number of benzene rings is 3. The second kappa shape index (κ2) is 14.6. The standard InChI is InChI=1S/C33H35Cl2F2N3O8S/c1-32(2,3)14-25-33(16-38-49(46,47)15-26(41)42,20-10-9-18(34)13-22(20)36)27(19-6-5-7-21(35)28(19)37)29(40-25)30(43)39-23-11-8-17(31(44)45)12-24(23)48-4/h5-13,25,27,29,38,40H,14-16H2,1-4H3,(H,39,43)(H,41,42)(H,44,45)/t25-,27-,29+,33-/m0/s1. The number of aromatic carboxylic acids is 1. The van der Waals surface area contributed by atoms with Crippen molar-refractivity contribution < 1.29 is 46.5 Å². The Morgan fingerprint density at radius 2 is 1.73 bits per heavy atom. The lowest BCUT2D eigenvalue weighted by atomic mass is 9.61. The van der Waals surface area contributed by atoms with Crippen molar-refractivity contribution in [2.75, 3.05) is 24.7 Å². The van der Waals surface area contributed by atoms with Crippen LogP contribution in [0, 0.1) is 17.0 Å². The molecule has 1 amide bonds. The highest BCUT2D eigenvalue weighted by molar-refractivity contribution is 7.90. The van der Waals surface area contributed by atoms with E-state index in [0.717, 1.165) is 6.07 Å². The number of carboxylic acids is 2. The second-order valence-corrected chi connectivity index (χ2v) is 15.6. The summed E-state index contributed by atoms with van der Waals surface area (Å²) in [5.41, 5.74) is -2.71. The number of halogens is 4. The number of rotatable bonds is 12. The smallest absolute Gasteiger partial charge is 0.335 e. The van der Waals surface area contributed by atoms with Crippen molar-refractivity contribution in [3.05, 3.63) is 93.0 Å². The van der Waals surface area contributed by atoms with E-state index in [1.807, 2.05) is 20.8 Å². The summed E-state index contributed by atoms with van der Waals surface area (Å²) in [7, 11) is -3.27. The minimum Gasteiger partial charge on any atom is -0.495 e. The molecule has 16 heteroatoms. The van der Waals surface area contributed by atoms with Crippen LogP contribution >= 0.6 is 23.2 Å². The molecule has 4 rings (SSSR count). The van der Waals surface area contributed by atoms with E-state index in [1.54, 1.807) is 0 Å². The molecule has 4 atom stereocenters. The van der Waals surface area contributed by atoms with E-state index >= 15 is 8.78 Å². The molecule has 0 unspecified atom stereocenters. The minimum absolute atomic E-state index is 0.000542. The van der Waals surface area contributed by atoms with E-state index in [0.29, 0.717) is 0 Å². The molecule has 0 radical (unpaired) electrons. The van der Waals surface area contributed by atoms with Crippen LogP contribution < -0.4 is 20.1 Å². The van der Waals surface area contributed by atoms with Gasteiger partial charge in [0, 0.05) is 28.9 Å². The van der Waals surface area contributed by atoms with Crippen LogP contribution in [0.3, 0.4) is 0 Å². The maximum absolute atomic E-state index is 16.3. The Morgan fingerprint density at radius 3 is 2.33 bits per heavy atom. The van der Waals surface area contributed by atoms with Gasteiger partial charge in [-0.25, -0.2) is 26.7 Å². The molecule has 5 N–H and O–H groups in total. The first-order valence-corrected chi connectivity index (χ1v) is 17.3. The molecule has 1 aliphatic heterocycles. The Kier molecular flexibility index (Phi) is 11.3. The average Bonchev–Trinajstić information content (AvgIpc) is 3.29. The van der Waals surface area contributed by atoms with Crippen molar-refractivity contribution in [1.82, 2.24) is 10.0 Å². The fourth-order valence-electron chi connectivity index (χ4n) is 6.41. The number of carboxylic acid groups (broad SMARTS) is 2. The number of carbonyl (C=O) groups is 3. The highest BCUT2D eigenvalue weighted by Crippen LogP contribution is 2.53. The van der Waals surface area contributed by atoms with Gasteiger partial charge in [-0.05, 0) is 59.4 Å². The van der Waals surface area contributed by atoms with Gasteiger partial charge >= 0.3 is 11.9 Å². The van der Waals surface area contributed by atoms with Crippen molar-refractivity contribution in [3.63, 3.8) is 0 Å². The molecule has 1 heterocycles. The van der Waals surface area contributed by atoms with Gasteiger partial charge in [0.25, 0.3) is 0 Å². The molecule has 1 aliphatic rings. The van der Waals surface area contributed by atoms with Crippen molar-refractivity contribution >= 4 is 56.8 Å². The molecule has 1 fully saturated rings. The summed E-state index contributed by atoms with van der Waals surface area (Å²) in [6.07, 6.45) is 0.175. The molecule has 11 nitrogen and oxygen atoms in total. The van der Waals surface area contributed by atoms with Crippen LogP contribution in [0.5, 0.6) is 5.75 Å². The summed E-state index contributed by atoms with van der Waals surface area (Å²) >= 11 is 12.4. The summed E-state index contributed by atoms with van der Waals surface area (Å²) in [5, 5.41) is 24.3. The van der Waals surface area contributed by atoms with E-state index in [-0.39, 0.29) is 44.6 Å². The van der Waals surface area contributed by atoms with E-state index in [4.69, 9.17) is 27.9 Å². The van der Waals surface area contributed by atoms with Crippen LogP contribution in [0.25, 0.3) is 0 Å². The topological polar surface area (TPSA) is 171 Å². The van der Waals surface area contributed by atoms with E-state index in [9.17, 15) is 33.0 Å². The monoisotopic (exact) mass is 741 g/mol. The summed E-state index contributed by atoms with van der Waals surface area (Å²) in [6, 6.07) is 9.12. The molecule has 49 heavy (non-hydrogen) atoms. The number of methoxy groups -OCH3 is 1. The molecule has 0 spiro atoms. The molecule has 3 aromatic carbocycles. The number of hydrogen-bond donors (Lipinski definition) is 5. The third-order valence-electron chi connectivity index (χ3n) is 8.34. The average molecular weight is 743 g/mol. The number of anilines is 1. The molecule has 0 aliphatic carbocycles. The predicted molar refractivity (Wildman–Crippen MR) is 180 cm³/mol. The first-order chi connectivity index (χ1) is 22.8. The van der Waals surface area contributed by atoms with Gasteiger partial charge in [0.05, 0.1) is 29.4 Å². The highest BCUT2D eigenvalue weighted by Gasteiger charge is 2.60. The molecular formula is C33H35Cl2F2N3O8S. The van der Waals surface area contributed by atoms with Crippen molar-refractivity contribution in [3.8, 4) is 5.75 Å². The van der Waals surface area contributed by atoms with Crippen molar-refractivity contribution in [2.45, 2.75) is 50.6 Å². The van der Waals surface area contributed by atoms with Gasteiger partial charge in [0.2, 0.25) is 15.9 Å². The lowest BCUT2D eigenvalue weighted by molar-refractivity contribution is -0.134. The number of hydrogen-bond acceptors (Lipinski definition) is 7. The number of sulfonamides is 1. The quantitative estimate of drug-likeness (QED) is 0.163. The summed E-state index contributed by atoms with van der Waals surface area (Å²) in [6.45, 7) is 4.92. The predicted octanol–water partition coefficient (Wildman–Crippen LogP) is 5.42. The maximum Gasteiger partial charge on any atom is 0.335 e. The second-order valence-electron chi connectivity index (χ2n) is 12.9. The van der Waals surface area contributed by atoms with Crippen LogP contribution in [-0.4, -0.2) is 68.0 Å². The molecule has 0 saturated carbocycles. The third kappa shape index (κ3) is 8.32. The number of amides is 1. The van der Waals surface area contributed by atoms with Crippen LogP contribution in [0.2, 0.25) is 10.0 Å². The van der Waals surface area contributed by atoms with Crippen LogP contribution in [0.15, 0.2) is 54.6 Å². The summed E-state index contributed by atoms with van der Waals surface area (Å²) in [5.74, 6) is -8.20. The molecule has 1 saturated heterocycles. The lowest BCUT2D eigenvalue weighted by Crippen LogP contribution is -2.53. The van der Waals surface area contributed by atoms with Gasteiger partial charge in [-0.2, -0.15) is 0 Å². The Morgan fingerprint density at radius 1 is 1.04 bits per heavy atom. The fraction of sp³-hybridized carbons (Fsp3) is 0.364. The zero-order valence-electron chi connectivity index (χ0n) is 26.8. The third-order valence-corrected chi connectivity index (χ3v) is 10.1.